The van der Waals surface area contributed by atoms with Crippen LogP contribution >= 0.6 is 23.1 Å². The fourth-order valence-corrected chi connectivity index (χ4v) is 3.60. The van der Waals surface area contributed by atoms with Crippen LogP contribution in [0, 0.1) is 20.8 Å². The van der Waals surface area contributed by atoms with Crippen molar-refractivity contribution in [2.24, 2.45) is 0 Å². The third-order valence-corrected chi connectivity index (χ3v) is 5.30. The van der Waals surface area contributed by atoms with Crippen LogP contribution in [0.2, 0.25) is 0 Å². The van der Waals surface area contributed by atoms with Crippen LogP contribution in [-0.2, 0) is 11.2 Å². The summed E-state index contributed by atoms with van der Waals surface area (Å²) < 4.78 is 5.50. The van der Waals surface area contributed by atoms with E-state index in [1.54, 1.807) is 17.4 Å². The highest BCUT2D eigenvalue weighted by molar-refractivity contribution is 7.99. The van der Waals surface area contributed by atoms with Crippen LogP contribution in [0.5, 0.6) is 0 Å². The summed E-state index contributed by atoms with van der Waals surface area (Å²) in [5, 5.41) is 16.0. The number of thioether (sulfide) groups is 1. The molecule has 0 spiro atoms. The topological polar surface area (TPSA) is 110 Å². The Morgan fingerprint density at radius 1 is 1.21 bits per heavy atom. The number of aromatic nitrogens is 3. The molecule has 0 atom stereocenters. The highest BCUT2D eigenvalue weighted by Gasteiger charge is 2.13. The maximum absolute atomic E-state index is 12.0. The van der Waals surface area contributed by atoms with Gasteiger partial charge in [0.05, 0.1) is 22.9 Å². The normalized spacial score (nSPS) is 10.7. The number of aryl methyl sites for hydroxylation is 3. The van der Waals surface area contributed by atoms with Gasteiger partial charge in [0.1, 0.15) is 0 Å². The number of amides is 3. The molecule has 28 heavy (non-hydrogen) atoms. The number of carbonyl (C=O) groups excluding carboxylic acids is 2. The number of nitrogens with one attached hydrogen (secondary N) is 2. The van der Waals surface area contributed by atoms with Gasteiger partial charge in [0.25, 0.3) is 5.22 Å². The summed E-state index contributed by atoms with van der Waals surface area (Å²) in [6.07, 6.45) is 0.447. The molecule has 2 N–H and O–H groups in total. The number of thiazole rings is 1. The Labute approximate surface area is 170 Å². The minimum absolute atomic E-state index is 0.0161. The van der Waals surface area contributed by atoms with Crippen LogP contribution in [0.25, 0.3) is 0 Å². The fraction of sp³-hybridized carbons (Fsp3) is 0.278. The van der Waals surface area contributed by atoms with Gasteiger partial charge in [0, 0.05) is 11.1 Å². The third-order valence-electron chi connectivity index (χ3n) is 3.66. The van der Waals surface area contributed by atoms with Crippen molar-refractivity contribution in [3.05, 3.63) is 51.3 Å². The second-order valence-electron chi connectivity index (χ2n) is 6.11. The first-order chi connectivity index (χ1) is 13.4. The van der Waals surface area contributed by atoms with Gasteiger partial charge in [0.15, 0.2) is 0 Å². The molecule has 3 rings (SSSR count). The Hall–Kier alpha value is -2.72. The Morgan fingerprint density at radius 3 is 2.75 bits per heavy atom. The molecule has 0 saturated carbocycles. The van der Waals surface area contributed by atoms with Gasteiger partial charge < -0.3 is 9.73 Å². The Bertz CT molecular complexity index is 999. The monoisotopic (exact) mass is 417 g/mol. The third kappa shape index (κ3) is 5.64. The molecule has 0 unspecified atom stereocenters. The van der Waals surface area contributed by atoms with Crippen molar-refractivity contribution >= 4 is 40.7 Å². The van der Waals surface area contributed by atoms with E-state index >= 15 is 0 Å². The number of carbonyl (C=O) groups is 2. The minimum atomic E-state index is -0.581. The second-order valence-corrected chi connectivity index (χ2v) is 8.09. The summed E-state index contributed by atoms with van der Waals surface area (Å²) in [4.78, 5) is 28.3. The van der Waals surface area contributed by atoms with Crippen molar-refractivity contribution in [3.63, 3.8) is 0 Å². The van der Waals surface area contributed by atoms with Crippen LogP contribution in [0.1, 0.15) is 27.7 Å². The van der Waals surface area contributed by atoms with Gasteiger partial charge in [-0.2, -0.15) is 0 Å². The van der Waals surface area contributed by atoms with E-state index in [0.717, 1.165) is 33.6 Å². The van der Waals surface area contributed by atoms with Gasteiger partial charge in [-0.3, -0.25) is 10.1 Å². The highest BCUT2D eigenvalue weighted by Crippen LogP contribution is 2.19. The molecule has 8 nitrogen and oxygen atoms in total. The zero-order chi connectivity index (χ0) is 20.1. The number of urea groups is 1. The number of hydrogen-bond donors (Lipinski definition) is 2. The van der Waals surface area contributed by atoms with Crippen molar-refractivity contribution in [3.8, 4) is 0 Å². The molecule has 0 aliphatic heterocycles. The Morgan fingerprint density at radius 2 is 2.04 bits per heavy atom. The van der Waals surface area contributed by atoms with E-state index in [2.05, 4.69) is 25.8 Å². The van der Waals surface area contributed by atoms with Crippen LogP contribution in [0.15, 0.2) is 33.2 Å². The number of benzene rings is 1. The van der Waals surface area contributed by atoms with E-state index in [0.29, 0.717) is 18.0 Å². The van der Waals surface area contributed by atoms with E-state index in [1.807, 2.05) is 38.3 Å². The molecule has 0 saturated heterocycles. The smallest absolute Gasteiger partial charge is 0.325 e. The van der Waals surface area contributed by atoms with Crippen molar-refractivity contribution in [1.29, 1.82) is 0 Å². The first-order valence-electron chi connectivity index (χ1n) is 8.43. The fourth-order valence-electron chi connectivity index (χ4n) is 2.41. The van der Waals surface area contributed by atoms with Gasteiger partial charge in [-0.05, 0) is 32.4 Å². The second kappa shape index (κ2) is 8.98. The molecule has 3 amide bonds. The van der Waals surface area contributed by atoms with Crippen LogP contribution < -0.4 is 10.6 Å². The average molecular weight is 418 g/mol. The molecule has 10 heteroatoms. The van der Waals surface area contributed by atoms with E-state index in [1.165, 1.54) is 0 Å². The summed E-state index contributed by atoms with van der Waals surface area (Å²) in [7, 11) is 0. The Kier molecular flexibility index (Phi) is 6.42. The van der Waals surface area contributed by atoms with Crippen molar-refractivity contribution in [2.75, 3.05) is 11.1 Å². The standard InChI is InChI=1S/C18H19N5O3S2/c1-10-4-5-14(11(2)6-10)20-17(25)21-15(24)9-28-18-23-22-16(26-18)7-13-8-27-12(3)19-13/h4-6,8H,7,9H2,1-3H3,(H2,20,21,24,25). The first-order valence-corrected chi connectivity index (χ1v) is 10.3. The molecular weight excluding hydrogens is 398 g/mol. The highest BCUT2D eigenvalue weighted by atomic mass is 32.2. The predicted octanol–water partition coefficient (Wildman–Crippen LogP) is 3.48. The van der Waals surface area contributed by atoms with Crippen LogP contribution in [-0.4, -0.2) is 32.9 Å². The molecule has 0 bridgehead atoms. The van der Waals surface area contributed by atoms with E-state index < -0.39 is 11.9 Å². The quantitative estimate of drug-likeness (QED) is 0.591. The molecule has 3 aromatic rings. The van der Waals surface area contributed by atoms with Gasteiger partial charge in [0.2, 0.25) is 11.8 Å². The summed E-state index contributed by atoms with van der Waals surface area (Å²) in [5.41, 5.74) is 3.54. The predicted molar refractivity (Wildman–Crippen MR) is 108 cm³/mol. The molecule has 0 fully saturated rings. The lowest BCUT2D eigenvalue weighted by Gasteiger charge is -2.09. The van der Waals surface area contributed by atoms with E-state index in [4.69, 9.17) is 4.42 Å². The number of anilines is 1. The molecule has 0 aliphatic carbocycles. The zero-order valence-corrected chi connectivity index (χ0v) is 17.2. The largest absolute Gasteiger partial charge is 0.416 e. The summed E-state index contributed by atoms with van der Waals surface area (Å²) in [6, 6.07) is 5.06. The SMILES string of the molecule is Cc1ccc(NC(=O)NC(=O)CSc2nnc(Cc3csc(C)n3)o2)c(C)c1. The number of imide groups is 1. The number of rotatable bonds is 6. The average Bonchev–Trinajstić information content (AvgIpc) is 3.25. The van der Waals surface area contributed by atoms with Crippen molar-refractivity contribution < 1.29 is 14.0 Å². The van der Waals surface area contributed by atoms with Crippen molar-refractivity contribution in [2.45, 2.75) is 32.4 Å². The van der Waals surface area contributed by atoms with Gasteiger partial charge in [-0.25, -0.2) is 9.78 Å². The van der Waals surface area contributed by atoms with Crippen LogP contribution in [0.3, 0.4) is 0 Å². The molecule has 0 radical (unpaired) electrons. The number of hydrogen-bond acceptors (Lipinski definition) is 8. The Balaban J connectivity index is 1.45. The summed E-state index contributed by atoms with van der Waals surface area (Å²) in [5.74, 6) is -0.0412. The lowest BCUT2D eigenvalue weighted by Crippen LogP contribution is -2.35. The van der Waals surface area contributed by atoms with Crippen molar-refractivity contribution in [1.82, 2.24) is 20.5 Å². The lowest BCUT2D eigenvalue weighted by molar-refractivity contribution is -0.117. The first kappa shape index (κ1) is 20.0. The van der Waals surface area contributed by atoms with Gasteiger partial charge in [-0.1, -0.05) is 29.5 Å². The van der Waals surface area contributed by atoms with Gasteiger partial charge in [-0.15, -0.1) is 21.5 Å². The minimum Gasteiger partial charge on any atom is -0.416 e. The van der Waals surface area contributed by atoms with E-state index in [9.17, 15) is 9.59 Å². The molecular formula is C18H19N5O3S2. The molecule has 0 aliphatic rings. The van der Waals surface area contributed by atoms with Gasteiger partial charge >= 0.3 is 6.03 Å². The van der Waals surface area contributed by atoms with E-state index in [-0.39, 0.29) is 11.0 Å². The lowest BCUT2D eigenvalue weighted by atomic mass is 10.1. The molecule has 2 aromatic heterocycles. The number of nitrogens with zero attached hydrogens (tertiary/aromatic N) is 3. The molecule has 146 valence electrons. The maximum atomic E-state index is 12.0. The molecule has 1 aromatic carbocycles. The summed E-state index contributed by atoms with van der Waals surface area (Å²) >= 11 is 2.62. The maximum Gasteiger partial charge on any atom is 0.325 e. The van der Waals surface area contributed by atoms with Crippen LogP contribution in [0.4, 0.5) is 10.5 Å². The zero-order valence-electron chi connectivity index (χ0n) is 15.6. The molecule has 2 heterocycles. The summed E-state index contributed by atoms with van der Waals surface area (Å²) in [6.45, 7) is 5.79.